The lowest BCUT2D eigenvalue weighted by atomic mass is 10.1. The lowest BCUT2D eigenvalue weighted by molar-refractivity contribution is 0.0825. The third-order valence-corrected chi connectivity index (χ3v) is 2.62. The quantitative estimate of drug-likeness (QED) is 0.780. The van der Waals surface area contributed by atoms with Crippen LogP contribution in [0.15, 0.2) is 24.4 Å². The second kappa shape index (κ2) is 4.84. The van der Waals surface area contributed by atoms with Crippen molar-refractivity contribution in [1.82, 2.24) is 4.98 Å². The van der Waals surface area contributed by atoms with Crippen molar-refractivity contribution in [3.05, 3.63) is 35.1 Å². The topological polar surface area (TPSA) is 22.1 Å². The highest BCUT2D eigenvalue weighted by Crippen LogP contribution is 2.30. The van der Waals surface area contributed by atoms with E-state index < -0.39 is 13.0 Å². The van der Waals surface area contributed by atoms with Crippen LogP contribution in [0.1, 0.15) is 5.56 Å². The molecule has 1 aromatic carbocycles. The fourth-order valence-electron chi connectivity index (χ4n) is 1.56. The van der Waals surface area contributed by atoms with E-state index in [0.29, 0.717) is 21.7 Å². The van der Waals surface area contributed by atoms with Gasteiger partial charge in [0.1, 0.15) is 17.5 Å². The largest absolute Gasteiger partial charge is 0.485 e. The van der Waals surface area contributed by atoms with E-state index >= 15 is 0 Å². The molecule has 0 aliphatic rings. The van der Waals surface area contributed by atoms with E-state index in [1.807, 2.05) is 19.1 Å². The molecule has 90 valence electrons. The maximum absolute atomic E-state index is 12.1. The minimum absolute atomic E-state index is 0.327. The second-order valence-electron chi connectivity index (χ2n) is 3.66. The number of halogens is 3. The maximum Gasteiger partial charge on any atom is 0.272 e. The van der Waals surface area contributed by atoms with Crippen LogP contribution in [0.4, 0.5) is 8.78 Å². The van der Waals surface area contributed by atoms with Gasteiger partial charge in [0.15, 0.2) is 0 Å². The normalized spacial score (nSPS) is 11.1. The number of aromatic nitrogens is 1. The minimum Gasteiger partial charge on any atom is -0.485 e. The highest BCUT2D eigenvalue weighted by atomic mass is 35.5. The average molecular weight is 258 g/mol. The molecule has 0 fully saturated rings. The highest BCUT2D eigenvalue weighted by molar-refractivity contribution is 6.34. The lowest BCUT2D eigenvalue weighted by Gasteiger charge is -2.09. The van der Waals surface area contributed by atoms with Gasteiger partial charge < -0.3 is 4.74 Å². The molecule has 2 aromatic rings. The van der Waals surface area contributed by atoms with Crippen LogP contribution in [0.25, 0.3) is 10.8 Å². The number of hydrogen-bond acceptors (Lipinski definition) is 2. The number of fused-ring (bicyclic) bond motifs is 1. The summed E-state index contributed by atoms with van der Waals surface area (Å²) in [6.45, 7) is 1.26. The van der Waals surface area contributed by atoms with Gasteiger partial charge in [0, 0.05) is 10.8 Å². The Morgan fingerprint density at radius 2 is 2.12 bits per heavy atom. The molecule has 0 aliphatic carbocycles. The Labute approximate surface area is 102 Å². The van der Waals surface area contributed by atoms with E-state index in [0.717, 1.165) is 5.56 Å². The average Bonchev–Trinajstić information content (AvgIpc) is 2.28. The molecule has 1 heterocycles. The van der Waals surface area contributed by atoms with Gasteiger partial charge in [-0.1, -0.05) is 29.3 Å². The van der Waals surface area contributed by atoms with E-state index in [2.05, 4.69) is 4.98 Å². The molecule has 0 saturated heterocycles. The maximum atomic E-state index is 12.1. The molecule has 5 heteroatoms. The van der Waals surface area contributed by atoms with E-state index in [-0.39, 0.29) is 0 Å². The summed E-state index contributed by atoms with van der Waals surface area (Å²) < 4.78 is 29.2. The van der Waals surface area contributed by atoms with Crippen LogP contribution >= 0.6 is 11.6 Å². The van der Waals surface area contributed by atoms with E-state index in [4.69, 9.17) is 16.3 Å². The minimum atomic E-state index is -2.51. The predicted molar refractivity (Wildman–Crippen MR) is 63.0 cm³/mol. The summed E-state index contributed by atoms with van der Waals surface area (Å²) in [6, 6.07) is 5.52. The molecular weight excluding hydrogens is 248 g/mol. The Bertz CT molecular complexity index is 545. The van der Waals surface area contributed by atoms with Crippen LogP contribution in [-0.4, -0.2) is 18.0 Å². The van der Waals surface area contributed by atoms with Crippen molar-refractivity contribution in [3.8, 4) is 5.75 Å². The first kappa shape index (κ1) is 12.0. The van der Waals surface area contributed by atoms with Crippen molar-refractivity contribution in [1.29, 1.82) is 0 Å². The van der Waals surface area contributed by atoms with Crippen LogP contribution in [0.2, 0.25) is 5.15 Å². The first-order chi connectivity index (χ1) is 8.08. The smallest absolute Gasteiger partial charge is 0.272 e. The summed E-state index contributed by atoms with van der Waals surface area (Å²) in [6.07, 6.45) is -1.14. The number of aryl methyl sites for hydroxylation is 1. The monoisotopic (exact) mass is 257 g/mol. The van der Waals surface area contributed by atoms with Crippen LogP contribution in [-0.2, 0) is 0 Å². The van der Waals surface area contributed by atoms with Crippen molar-refractivity contribution < 1.29 is 13.5 Å². The van der Waals surface area contributed by atoms with Gasteiger partial charge in [-0.3, -0.25) is 0 Å². The predicted octanol–water partition coefficient (Wildman–Crippen LogP) is 3.84. The molecule has 0 aliphatic heterocycles. The first-order valence-corrected chi connectivity index (χ1v) is 5.41. The molecular formula is C12H10ClF2NO. The van der Waals surface area contributed by atoms with E-state index in [1.165, 1.54) is 6.20 Å². The van der Waals surface area contributed by atoms with Crippen LogP contribution in [0.3, 0.4) is 0 Å². The zero-order chi connectivity index (χ0) is 12.4. The van der Waals surface area contributed by atoms with Gasteiger partial charge in [-0.15, -0.1) is 0 Å². The number of rotatable bonds is 3. The zero-order valence-electron chi connectivity index (χ0n) is 9.08. The van der Waals surface area contributed by atoms with Crippen molar-refractivity contribution in [2.75, 3.05) is 6.61 Å². The molecule has 0 radical (unpaired) electrons. The molecule has 17 heavy (non-hydrogen) atoms. The zero-order valence-corrected chi connectivity index (χ0v) is 9.84. The first-order valence-electron chi connectivity index (χ1n) is 5.03. The SMILES string of the molecule is Cc1ccc2c(Cl)ncc(OCC(F)F)c2c1. The van der Waals surface area contributed by atoms with Crippen molar-refractivity contribution in [2.45, 2.75) is 13.3 Å². The number of hydrogen-bond donors (Lipinski definition) is 0. The molecule has 0 amide bonds. The molecule has 0 atom stereocenters. The lowest BCUT2D eigenvalue weighted by Crippen LogP contribution is -2.07. The van der Waals surface area contributed by atoms with Gasteiger partial charge >= 0.3 is 0 Å². The summed E-state index contributed by atoms with van der Waals surface area (Å²) in [7, 11) is 0. The molecule has 0 bridgehead atoms. The summed E-state index contributed by atoms with van der Waals surface area (Å²) >= 11 is 5.93. The van der Waals surface area contributed by atoms with Crippen LogP contribution in [0, 0.1) is 6.92 Å². The van der Waals surface area contributed by atoms with Crippen molar-refractivity contribution in [3.63, 3.8) is 0 Å². The van der Waals surface area contributed by atoms with Gasteiger partial charge in [0.25, 0.3) is 6.43 Å². The Balaban J connectivity index is 2.48. The van der Waals surface area contributed by atoms with Crippen molar-refractivity contribution >= 4 is 22.4 Å². The Kier molecular flexibility index (Phi) is 3.43. The van der Waals surface area contributed by atoms with Gasteiger partial charge in [-0.2, -0.15) is 0 Å². The summed E-state index contributed by atoms with van der Waals surface area (Å²) in [5.41, 5.74) is 1.00. The number of alkyl halides is 2. The third kappa shape index (κ3) is 2.64. The number of nitrogens with zero attached hydrogens (tertiary/aromatic N) is 1. The Morgan fingerprint density at radius 1 is 1.35 bits per heavy atom. The fourth-order valence-corrected chi connectivity index (χ4v) is 1.78. The van der Waals surface area contributed by atoms with Gasteiger partial charge in [-0.25, -0.2) is 13.8 Å². The van der Waals surface area contributed by atoms with Crippen LogP contribution < -0.4 is 4.74 Å². The van der Waals surface area contributed by atoms with Crippen LogP contribution in [0.5, 0.6) is 5.75 Å². The van der Waals surface area contributed by atoms with Gasteiger partial charge in [-0.05, 0) is 13.0 Å². The summed E-state index contributed by atoms with van der Waals surface area (Å²) in [5.74, 6) is 0.327. The van der Waals surface area contributed by atoms with E-state index in [1.54, 1.807) is 6.07 Å². The third-order valence-electron chi connectivity index (χ3n) is 2.32. The molecule has 1 aromatic heterocycles. The van der Waals surface area contributed by atoms with Crippen molar-refractivity contribution in [2.24, 2.45) is 0 Å². The summed E-state index contributed by atoms with van der Waals surface area (Å²) in [5, 5.41) is 1.74. The molecule has 0 spiro atoms. The molecule has 2 nitrogen and oxygen atoms in total. The van der Waals surface area contributed by atoms with E-state index in [9.17, 15) is 8.78 Å². The molecule has 0 N–H and O–H groups in total. The Hall–Kier alpha value is -1.42. The molecule has 2 rings (SSSR count). The highest BCUT2D eigenvalue weighted by Gasteiger charge is 2.10. The van der Waals surface area contributed by atoms with Gasteiger partial charge in [0.2, 0.25) is 0 Å². The Morgan fingerprint density at radius 3 is 2.82 bits per heavy atom. The number of pyridine rings is 1. The molecule has 0 saturated carbocycles. The number of benzene rings is 1. The standard InChI is InChI=1S/C12H10ClF2NO/c1-7-2-3-8-9(4-7)10(5-16-12(8)13)17-6-11(14)15/h2-5,11H,6H2,1H3. The number of ether oxygens (including phenoxy) is 1. The fraction of sp³-hybridized carbons (Fsp3) is 0.250. The van der Waals surface area contributed by atoms with Gasteiger partial charge in [0.05, 0.1) is 6.20 Å². The summed E-state index contributed by atoms with van der Waals surface area (Å²) in [4.78, 5) is 3.91. The second-order valence-corrected chi connectivity index (χ2v) is 4.02. The molecule has 0 unspecified atom stereocenters.